The van der Waals surface area contributed by atoms with E-state index in [1.54, 1.807) is 9.25 Å². The minimum Gasteiger partial charge on any atom is -0.383 e. The highest BCUT2D eigenvalue weighted by Crippen LogP contribution is 2.22. The zero-order chi connectivity index (χ0) is 20.4. The molecule has 0 fully saturated rings. The number of fused-ring (bicyclic) bond motifs is 2. The van der Waals surface area contributed by atoms with Crippen molar-refractivity contribution in [3.8, 4) is 0 Å². The molecule has 0 bridgehead atoms. The van der Waals surface area contributed by atoms with Gasteiger partial charge in [0.05, 0.1) is 23.0 Å². The lowest BCUT2D eigenvalue weighted by molar-refractivity contribution is 0.613. The van der Waals surface area contributed by atoms with E-state index < -0.39 is 0 Å². The Kier molecular flexibility index (Phi) is 5.44. The van der Waals surface area contributed by atoms with E-state index in [1.165, 1.54) is 6.33 Å². The van der Waals surface area contributed by atoms with E-state index in [2.05, 4.69) is 21.1 Å². The number of aryl methyl sites for hydroxylation is 2. The molecule has 0 saturated carbocycles. The molecule has 146 valence electrons. The summed E-state index contributed by atoms with van der Waals surface area (Å²) in [6.07, 6.45) is 1.44. The Morgan fingerprint density at radius 1 is 1.11 bits per heavy atom. The summed E-state index contributed by atoms with van der Waals surface area (Å²) in [5, 5.41) is 7.04. The van der Waals surface area contributed by atoms with Crippen LogP contribution in [0.3, 0.4) is 0 Å². The van der Waals surface area contributed by atoms with E-state index in [0.717, 1.165) is 33.1 Å². The Hall–Kier alpha value is -3.22. The number of aromatic nitrogens is 5. The first-order chi connectivity index (χ1) is 13.5. The van der Waals surface area contributed by atoms with Gasteiger partial charge in [-0.25, -0.2) is 14.6 Å². The van der Waals surface area contributed by atoms with Crippen molar-refractivity contribution in [3.63, 3.8) is 0 Å². The summed E-state index contributed by atoms with van der Waals surface area (Å²) in [5.74, 6) is 0.417. The van der Waals surface area contributed by atoms with Crippen LogP contribution in [0.15, 0.2) is 35.4 Å². The van der Waals surface area contributed by atoms with Crippen LogP contribution in [0.1, 0.15) is 37.7 Å². The predicted molar refractivity (Wildman–Crippen MR) is 114 cm³/mol. The number of benzene rings is 1. The van der Waals surface area contributed by atoms with Crippen molar-refractivity contribution >= 4 is 27.6 Å². The monoisotopic (exact) mass is 378 g/mol. The molecule has 0 aliphatic carbocycles. The molecule has 0 radical (unpaired) electrons. The van der Waals surface area contributed by atoms with E-state index in [0.29, 0.717) is 24.6 Å². The zero-order valence-electron chi connectivity index (χ0n) is 17.0. The Balaban J connectivity index is 0.00000109. The van der Waals surface area contributed by atoms with Gasteiger partial charge in [-0.15, -0.1) is 0 Å². The smallest absolute Gasteiger partial charge is 0.258 e. The highest BCUT2D eigenvalue weighted by Gasteiger charge is 2.15. The summed E-state index contributed by atoms with van der Waals surface area (Å²) in [6.45, 7) is 10.9. The first kappa shape index (κ1) is 19.5. The van der Waals surface area contributed by atoms with Crippen molar-refractivity contribution in [1.82, 2.24) is 24.3 Å². The van der Waals surface area contributed by atoms with Crippen molar-refractivity contribution in [2.24, 2.45) is 0 Å². The molecule has 1 aromatic carbocycles. The summed E-state index contributed by atoms with van der Waals surface area (Å²) < 4.78 is 3.58. The van der Waals surface area contributed by atoms with Crippen molar-refractivity contribution in [3.05, 3.63) is 57.9 Å². The van der Waals surface area contributed by atoms with Crippen LogP contribution in [0, 0.1) is 13.8 Å². The average Bonchev–Trinajstić information content (AvgIpc) is 3.00. The van der Waals surface area contributed by atoms with Gasteiger partial charge in [0.2, 0.25) is 0 Å². The second kappa shape index (κ2) is 7.80. The number of rotatable bonds is 3. The maximum absolute atomic E-state index is 13.0. The Bertz CT molecular complexity index is 1210. The van der Waals surface area contributed by atoms with E-state index in [9.17, 15) is 4.79 Å². The van der Waals surface area contributed by atoms with Gasteiger partial charge >= 0.3 is 0 Å². The topological polar surface area (TPSA) is 91.6 Å². The van der Waals surface area contributed by atoms with Crippen LogP contribution in [0.5, 0.6) is 0 Å². The van der Waals surface area contributed by atoms with Crippen LogP contribution in [0.4, 0.5) is 5.82 Å². The van der Waals surface area contributed by atoms with Crippen molar-refractivity contribution in [2.45, 2.75) is 47.7 Å². The lowest BCUT2D eigenvalue weighted by atomic mass is 10.1. The zero-order valence-corrected chi connectivity index (χ0v) is 17.0. The average molecular weight is 378 g/mol. The summed E-state index contributed by atoms with van der Waals surface area (Å²) >= 11 is 0. The van der Waals surface area contributed by atoms with Gasteiger partial charge in [0.25, 0.3) is 5.56 Å². The molecule has 0 atom stereocenters. The van der Waals surface area contributed by atoms with Crippen LogP contribution < -0.4 is 11.3 Å². The SMILES string of the molecule is CC.CCn1c(Cn2nc(C)c3c(N)ncnc32)cc2cccc(C)c2c1=O. The lowest BCUT2D eigenvalue weighted by Crippen LogP contribution is -2.25. The fourth-order valence-electron chi connectivity index (χ4n) is 3.58. The van der Waals surface area contributed by atoms with Crippen LogP contribution in [-0.2, 0) is 13.1 Å². The third kappa shape index (κ3) is 3.13. The van der Waals surface area contributed by atoms with Gasteiger partial charge in [0, 0.05) is 12.2 Å². The third-order valence-electron chi connectivity index (χ3n) is 4.79. The van der Waals surface area contributed by atoms with Gasteiger partial charge in [0.1, 0.15) is 12.1 Å². The molecule has 3 heterocycles. The molecule has 4 rings (SSSR count). The van der Waals surface area contributed by atoms with Crippen LogP contribution >= 0.6 is 0 Å². The third-order valence-corrected chi connectivity index (χ3v) is 4.79. The molecule has 0 unspecified atom stereocenters. The van der Waals surface area contributed by atoms with E-state index >= 15 is 0 Å². The van der Waals surface area contributed by atoms with Crippen molar-refractivity contribution in [1.29, 1.82) is 0 Å². The van der Waals surface area contributed by atoms with Gasteiger partial charge < -0.3 is 10.3 Å². The molecular weight excluding hydrogens is 352 g/mol. The molecule has 7 heteroatoms. The number of nitrogen functional groups attached to an aromatic ring is 1. The maximum Gasteiger partial charge on any atom is 0.258 e. The second-order valence-corrected chi connectivity index (χ2v) is 6.42. The highest BCUT2D eigenvalue weighted by atomic mass is 16.1. The van der Waals surface area contributed by atoms with Crippen molar-refractivity contribution < 1.29 is 0 Å². The molecule has 0 aliphatic heterocycles. The van der Waals surface area contributed by atoms with E-state index in [1.807, 2.05) is 52.8 Å². The van der Waals surface area contributed by atoms with Gasteiger partial charge in [0.15, 0.2) is 5.65 Å². The summed E-state index contributed by atoms with van der Waals surface area (Å²) in [4.78, 5) is 21.4. The summed E-state index contributed by atoms with van der Waals surface area (Å²) in [6, 6.07) is 7.96. The first-order valence-corrected chi connectivity index (χ1v) is 9.57. The highest BCUT2D eigenvalue weighted by molar-refractivity contribution is 5.88. The van der Waals surface area contributed by atoms with Gasteiger partial charge in [-0.05, 0) is 37.8 Å². The molecule has 4 aromatic rings. The molecular formula is C21H26N6O. The Morgan fingerprint density at radius 3 is 2.57 bits per heavy atom. The number of anilines is 1. The first-order valence-electron chi connectivity index (χ1n) is 9.57. The van der Waals surface area contributed by atoms with Crippen LogP contribution in [0.25, 0.3) is 21.8 Å². The number of hydrogen-bond donors (Lipinski definition) is 1. The maximum atomic E-state index is 13.0. The molecule has 0 saturated heterocycles. The quantitative estimate of drug-likeness (QED) is 0.590. The molecule has 2 N–H and O–H groups in total. The normalized spacial score (nSPS) is 10.9. The molecule has 7 nitrogen and oxygen atoms in total. The summed E-state index contributed by atoms with van der Waals surface area (Å²) in [7, 11) is 0. The van der Waals surface area contributed by atoms with Gasteiger partial charge in [-0.1, -0.05) is 32.0 Å². The number of hydrogen-bond acceptors (Lipinski definition) is 5. The minimum atomic E-state index is 0.0282. The molecule has 28 heavy (non-hydrogen) atoms. The Labute approximate surface area is 163 Å². The lowest BCUT2D eigenvalue weighted by Gasteiger charge is -2.14. The molecule has 3 aromatic heterocycles. The van der Waals surface area contributed by atoms with E-state index in [-0.39, 0.29) is 5.56 Å². The van der Waals surface area contributed by atoms with Gasteiger partial charge in [-0.2, -0.15) is 5.10 Å². The van der Waals surface area contributed by atoms with Crippen LogP contribution in [-0.4, -0.2) is 24.3 Å². The Morgan fingerprint density at radius 2 is 1.86 bits per heavy atom. The fraction of sp³-hybridized carbons (Fsp3) is 0.333. The molecule has 0 amide bonds. The fourth-order valence-corrected chi connectivity index (χ4v) is 3.58. The standard InChI is InChI=1S/C19H20N6O.C2H6/c1-4-24-14(8-13-7-5-6-11(2)15(13)19(24)26)9-25-18-16(12(3)23-25)17(20)21-10-22-18;1-2/h5-8,10H,4,9H2,1-3H3,(H2,20,21,22);1-2H3. The number of pyridine rings is 1. The second-order valence-electron chi connectivity index (χ2n) is 6.42. The number of nitrogens with zero attached hydrogens (tertiary/aromatic N) is 5. The largest absolute Gasteiger partial charge is 0.383 e. The predicted octanol–water partition coefficient (Wildman–Crippen LogP) is 3.43. The molecule has 0 spiro atoms. The number of nitrogens with two attached hydrogens (primary N) is 1. The van der Waals surface area contributed by atoms with Gasteiger partial charge in [-0.3, -0.25) is 4.79 Å². The van der Waals surface area contributed by atoms with E-state index in [4.69, 9.17) is 5.73 Å². The summed E-state index contributed by atoms with van der Waals surface area (Å²) in [5.41, 5.74) is 9.33. The minimum absolute atomic E-state index is 0.0282. The molecule has 0 aliphatic rings. The van der Waals surface area contributed by atoms with Crippen LogP contribution in [0.2, 0.25) is 0 Å². The van der Waals surface area contributed by atoms with Crippen molar-refractivity contribution in [2.75, 3.05) is 5.73 Å².